The quantitative estimate of drug-likeness (QED) is 0.877. The van der Waals surface area contributed by atoms with Crippen LogP contribution in [0, 0.1) is 11.2 Å². The molecule has 0 spiro atoms. The first kappa shape index (κ1) is 14.4. The number of aliphatic hydroxyl groups excluding tert-OH is 1. The lowest BCUT2D eigenvalue weighted by Crippen LogP contribution is -2.36. The van der Waals surface area contributed by atoms with Gasteiger partial charge in [0.2, 0.25) is 0 Å². The van der Waals surface area contributed by atoms with Gasteiger partial charge < -0.3 is 10.8 Å². The van der Waals surface area contributed by atoms with Gasteiger partial charge in [0.1, 0.15) is 5.82 Å². The number of aliphatic hydroxyl groups is 1. The summed E-state index contributed by atoms with van der Waals surface area (Å²) in [5.41, 5.74) is 6.09. The van der Waals surface area contributed by atoms with Crippen LogP contribution in [0.5, 0.6) is 0 Å². The summed E-state index contributed by atoms with van der Waals surface area (Å²) in [6.45, 7) is 6.05. The highest BCUT2D eigenvalue weighted by Gasteiger charge is 2.31. The highest BCUT2D eigenvalue weighted by molar-refractivity contribution is 6.31. The third-order valence-electron chi connectivity index (χ3n) is 2.88. The molecule has 1 aromatic rings. The zero-order valence-electron chi connectivity index (χ0n) is 10.4. The van der Waals surface area contributed by atoms with Crippen molar-refractivity contribution >= 4 is 11.6 Å². The summed E-state index contributed by atoms with van der Waals surface area (Å²) in [4.78, 5) is 0. The monoisotopic (exact) mass is 259 g/mol. The normalized spacial score (nSPS) is 15.7. The van der Waals surface area contributed by atoms with Crippen LogP contribution in [0.15, 0.2) is 18.2 Å². The van der Waals surface area contributed by atoms with Crippen molar-refractivity contribution in [1.82, 2.24) is 0 Å². The van der Waals surface area contributed by atoms with Crippen molar-refractivity contribution in [3.8, 4) is 0 Å². The van der Waals surface area contributed by atoms with Crippen LogP contribution in [0.3, 0.4) is 0 Å². The Bertz CT molecular complexity index is 389. The molecule has 0 radical (unpaired) electrons. The molecule has 0 saturated carbocycles. The van der Waals surface area contributed by atoms with Gasteiger partial charge in [-0.15, -0.1) is 0 Å². The lowest BCUT2D eigenvalue weighted by molar-refractivity contribution is 0.0408. The molecule has 17 heavy (non-hydrogen) atoms. The standard InChI is InChI=1S/C13H19ClFNO/c1-13(2,3)12(17)10(7-16)9-5-4-8(15)6-11(9)14/h4-6,10,12,17H,7,16H2,1-3H3. The summed E-state index contributed by atoms with van der Waals surface area (Å²) >= 11 is 5.99. The topological polar surface area (TPSA) is 46.2 Å². The molecule has 0 aliphatic heterocycles. The van der Waals surface area contributed by atoms with Crippen molar-refractivity contribution in [2.45, 2.75) is 32.8 Å². The van der Waals surface area contributed by atoms with Crippen LogP contribution in [0.1, 0.15) is 32.3 Å². The molecule has 0 aliphatic carbocycles. The Balaban J connectivity index is 3.10. The van der Waals surface area contributed by atoms with Crippen molar-refractivity contribution in [2.75, 3.05) is 6.54 Å². The second-order valence-corrected chi connectivity index (χ2v) is 5.73. The third-order valence-corrected chi connectivity index (χ3v) is 3.21. The molecule has 0 heterocycles. The van der Waals surface area contributed by atoms with E-state index in [4.69, 9.17) is 17.3 Å². The molecule has 96 valence electrons. The van der Waals surface area contributed by atoms with E-state index in [1.54, 1.807) is 6.07 Å². The molecule has 0 fully saturated rings. The summed E-state index contributed by atoms with van der Waals surface area (Å²) in [6.07, 6.45) is -0.629. The Labute approximate surface area is 107 Å². The van der Waals surface area contributed by atoms with Gasteiger partial charge in [-0.1, -0.05) is 38.4 Å². The van der Waals surface area contributed by atoms with Crippen molar-refractivity contribution in [2.24, 2.45) is 11.1 Å². The highest BCUT2D eigenvalue weighted by atomic mass is 35.5. The molecule has 3 N–H and O–H groups in total. The van der Waals surface area contributed by atoms with Crippen LogP contribution < -0.4 is 5.73 Å². The van der Waals surface area contributed by atoms with Gasteiger partial charge in [-0.25, -0.2) is 4.39 Å². The molecule has 0 amide bonds. The molecule has 0 aromatic heterocycles. The Morgan fingerprint density at radius 3 is 2.41 bits per heavy atom. The molecule has 0 bridgehead atoms. The van der Waals surface area contributed by atoms with Gasteiger partial charge in [0.05, 0.1) is 6.10 Å². The molecular formula is C13H19ClFNO. The first-order chi connectivity index (χ1) is 7.77. The summed E-state index contributed by atoms with van der Waals surface area (Å²) in [5.74, 6) is -0.678. The molecule has 0 saturated heterocycles. The summed E-state index contributed by atoms with van der Waals surface area (Å²) in [6, 6.07) is 4.17. The van der Waals surface area contributed by atoms with Crippen LogP contribution in [0.2, 0.25) is 5.02 Å². The summed E-state index contributed by atoms with van der Waals surface area (Å²) < 4.78 is 13.0. The van der Waals surface area contributed by atoms with Crippen molar-refractivity contribution in [3.05, 3.63) is 34.6 Å². The molecular weight excluding hydrogens is 241 g/mol. The fourth-order valence-electron chi connectivity index (χ4n) is 1.83. The van der Waals surface area contributed by atoms with Gasteiger partial charge in [-0.05, 0) is 23.1 Å². The average molecular weight is 260 g/mol. The van der Waals surface area contributed by atoms with Crippen LogP contribution in [0.25, 0.3) is 0 Å². The second-order valence-electron chi connectivity index (χ2n) is 5.32. The van der Waals surface area contributed by atoms with Gasteiger partial charge in [0.15, 0.2) is 0 Å². The van der Waals surface area contributed by atoms with Gasteiger partial charge in [0.25, 0.3) is 0 Å². The van der Waals surface area contributed by atoms with E-state index in [2.05, 4.69) is 0 Å². The minimum Gasteiger partial charge on any atom is -0.392 e. The number of nitrogens with two attached hydrogens (primary N) is 1. The SMILES string of the molecule is CC(C)(C)C(O)C(CN)c1ccc(F)cc1Cl. The number of halogens is 2. The fourth-order valence-corrected chi connectivity index (χ4v) is 2.14. The summed E-state index contributed by atoms with van der Waals surface area (Å²) in [5, 5.41) is 10.6. The van der Waals surface area contributed by atoms with Gasteiger partial charge in [-0.2, -0.15) is 0 Å². The average Bonchev–Trinajstić information content (AvgIpc) is 2.20. The van der Waals surface area contributed by atoms with Gasteiger partial charge >= 0.3 is 0 Å². The smallest absolute Gasteiger partial charge is 0.124 e. The van der Waals surface area contributed by atoms with E-state index in [0.29, 0.717) is 10.6 Å². The van der Waals surface area contributed by atoms with E-state index in [1.165, 1.54) is 12.1 Å². The summed E-state index contributed by atoms with van der Waals surface area (Å²) in [7, 11) is 0. The first-order valence-electron chi connectivity index (χ1n) is 5.60. The third kappa shape index (κ3) is 3.41. The molecule has 1 rings (SSSR count). The fraction of sp³-hybridized carbons (Fsp3) is 0.538. The maximum Gasteiger partial charge on any atom is 0.124 e. The molecule has 2 nitrogen and oxygen atoms in total. The maximum atomic E-state index is 13.0. The Kier molecular flexibility index (Phi) is 4.53. The first-order valence-corrected chi connectivity index (χ1v) is 5.98. The molecule has 2 atom stereocenters. The number of hydrogen-bond donors (Lipinski definition) is 2. The van der Waals surface area contributed by atoms with Crippen LogP contribution in [0.4, 0.5) is 4.39 Å². The highest BCUT2D eigenvalue weighted by Crippen LogP contribution is 2.34. The Hall–Kier alpha value is -0.640. The second kappa shape index (κ2) is 5.34. The number of benzene rings is 1. The number of hydrogen-bond acceptors (Lipinski definition) is 2. The zero-order chi connectivity index (χ0) is 13.2. The Morgan fingerprint density at radius 1 is 1.41 bits per heavy atom. The van der Waals surface area contributed by atoms with E-state index in [-0.39, 0.29) is 23.7 Å². The predicted molar refractivity (Wildman–Crippen MR) is 68.7 cm³/mol. The van der Waals surface area contributed by atoms with Crippen LogP contribution in [-0.4, -0.2) is 17.8 Å². The van der Waals surface area contributed by atoms with E-state index >= 15 is 0 Å². The molecule has 1 aromatic carbocycles. The van der Waals surface area contributed by atoms with E-state index in [1.807, 2.05) is 20.8 Å². The van der Waals surface area contributed by atoms with Gasteiger partial charge in [-0.3, -0.25) is 0 Å². The van der Waals surface area contributed by atoms with Crippen LogP contribution in [-0.2, 0) is 0 Å². The zero-order valence-corrected chi connectivity index (χ0v) is 11.1. The number of rotatable bonds is 3. The van der Waals surface area contributed by atoms with E-state index in [0.717, 1.165) is 0 Å². The molecule has 2 unspecified atom stereocenters. The van der Waals surface area contributed by atoms with Crippen molar-refractivity contribution in [1.29, 1.82) is 0 Å². The van der Waals surface area contributed by atoms with E-state index in [9.17, 15) is 9.50 Å². The van der Waals surface area contributed by atoms with Crippen molar-refractivity contribution < 1.29 is 9.50 Å². The minimum atomic E-state index is -0.629. The van der Waals surface area contributed by atoms with Crippen LogP contribution >= 0.6 is 11.6 Å². The lowest BCUT2D eigenvalue weighted by atomic mass is 9.78. The largest absolute Gasteiger partial charge is 0.392 e. The van der Waals surface area contributed by atoms with Crippen molar-refractivity contribution in [3.63, 3.8) is 0 Å². The minimum absolute atomic E-state index is 0.268. The Morgan fingerprint density at radius 2 is 2.00 bits per heavy atom. The van der Waals surface area contributed by atoms with Gasteiger partial charge in [0, 0.05) is 17.5 Å². The maximum absolute atomic E-state index is 13.0. The predicted octanol–water partition coefficient (Wildman–Crippen LogP) is 2.93. The molecule has 0 aliphatic rings. The lowest BCUT2D eigenvalue weighted by Gasteiger charge is -2.33. The van der Waals surface area contributed by atoms with E-state index < -0.39 is 6.10 Å². The molecule has 4 heteroatoms.